The van der Waals surface area contributed by atoms with Crippen LogP contribution in [0.4, 0.5) is 0 Å². The van der Waals surface area contributed by atoms with Crippen LogP contribution in [0.5, 0.6) is 0 Å². The Morgan fingerprint density at radius 1 is 1.03 bits per heavy atom. The Hall–Kier alpha value is -2.17. The molecule has 0 spiro atoms. The molecule has 3 unspecified atom stereocenters. The number of allylic oxidation sites excluding steroid dienone is 4. The number of hydrogen-bond acceptors (Lipinski definition) is 5. The Kier molecular flexibility index (Phi) is 17.9. The van der Waals surface area contributed by atoms with Gasteiger partial charge in [-0.05, 0) is 63.7 Å². The lowest BCUT2D eigenvalue weighted by atomic mass is 9.75. The topological polar surface area (TPSA) is 85.3 Å². The zero-order chi connectivity index (χ0) is 29.3. The molecule has 3 atom stereocenters. The molecular formula is C33H54O5. The number of hydrogen-bond donors (Lipinski definition) is 0. The van der Waals surface area contributed by atoms with Crippen LogP contribution in [0.2, 0.25) is 0 Å². The molecule has 0 aromatic carbocycles. The van der Waals surface area contributed by atoms with Crippen molar-refractivity contribution in [1.29, 1.82) is 0 Å². The summed E-state index contributed by atoms with van der Waals surface area (Å²) in [6, 6.07) is 0. The molecule has 5 heteroatoms. The number of carbonyl (C=O) groups excluding carboxylic acids is 5. The summed E-state index contributed by atoms with van der Waals surface area (Å²) >= 11 is 0. The molecule has 0 saturated heterocycles. The van der Waals surface area contributed by atoms with Crippen molar-refractivity contribution in [2.75, 3.05) is 0 Å². The first-order chi connectivity index (χ1) is 17.7. The molecule has 0 saturated carbocycles. The van der Waals surface area contributed by atoms with Crippen molar-refractivity contribution < 1.29 is 24.0 Å². The molecule has 1 aliphatic carbocycles. The molecule has 0 aromatic rings. The maximum Gasteiger partial charge on any atom is 0.143 e. The summed E-state index contributed by atoms with van der Waals surface area (Å²) in [4.78, 5) is 58.1. The molecule has 38 heavy (non-hydrogen) atoms. The third-order valence-corrected chi connectivity index (χ3v) is 6.88. The Morgan fingerprint density at radius 3 is 2.21 bits per heavy atom. The largest absolute Gasteiger partial charge is 0.300 e. The molecule has 0 fully saturated rings. The van der Waals surface area contributed by atoms with E-state index in [9.17, 15) is 24.0 Å². The lowest BCUT2D eigenvalue weighted by Gasteiger charge is -2.29. The van der Waals surface area contributed by atoms with Gasteiger partial charge in [-0.2, -0.15) is 0 Å². The minimum absolute atomic E-state index is 0.0495. The van der Waals surface area contributed by atoms with Gasteiger partial charge in [-0.1, -0.05) is 71.3 Å². The Balaban J connectivity index is 0.000000958. The molecule has 0 aliphatic heterocycles. The van der Waals surface area contributed by atoms with Crippen LogP contribution in [0, 0.1) is 23.2 Å². The van der Waals surface area contributed by atoms with Crippen LogP contribution in [0.1, 0.15) is 132 Å². The quantitative estimate of drug-likeness (QED) is 0.225. The third kappa shape index (κ3) is 18.1. The van der Waals surface area contributed by atoms with Crippen LogP contribution in [-0.2, 0) is 24.0 Å². The smallest absolute Gasteiger partial charge is 0.143 e. The standard InChI is InChI=1S/C23H36O3.C10H18O2/c1-5-10-20(22(6-2)23(26)14-18(4)24)15-19-12-9-7-8-11-17(3)13-21(25)16-19;1-8(11)5-6-9(12)7-10(2,3)4/h7-8,11,19-20,22H,5-6,9-10,12-16H2,1-4H3;5-7H2,1-4H3/b8-7-,17-11-;. The zero-order valence-electron chi connectivity index (χ0n) is 25.5. The third-order valence-electron chi connectivity index (χ3n) is 6.88. The van der Waals surface area contributed by atoms with Gasteiger partial charge in [0.25, 0.3) is 0 Å². The fourth-order valence-corrected chi connectivity index (χ4v) is 5.21. The minimum atomic E-state index is -0.0541. The van der Waals surface area contributed by atoms with Crippen molar-refractivity contribution in [1.82, 2.24) is 0 Å². The first-order valence-corrected chi connectivity index (χ1v) is 14.6. The SMILES string of the molecule is CC(=O)CCC(=O)CC(C)(C)C.CCCC(CC1CC/C=C\C=C(\C)CC(=O)C1)C(CC)C(=O)CC(C)=O. The average molecular weight is 531 g/mol. The zero-order valence-corrected chi connectivity index (χ0v) is 25.5. The normalized spacial score (nSPS) is 20.2. The lowest BCUT2D eigenvalue weighted by molar-refractivity contribution is -0.130. The fourth-order valence-electron chi connectivity index (χ4n) is 5.21. The van der Waals surface area contributed by atoms with Crippen LogP contribution in [0.15, 0.2) is 23.8 Å². The van der Waals surface area contributed by atoms with Crippen LogP contribution < -0.4 is 0 Å². The van der Waals surface area contributed by atoms with E-state index in [1.165, 1.54) is 13.8 Å². The van der Waals surface area contributed by atoms with Crippen molar-refractivity contribution in [2.24, 2.45) is 23.2 Å². The van der Waals surface area contributed by atoms with Gasteiger partial charge in [-0.25, -0.2) is 0 Å². The molecule has 1 aliphatic rings. The molecule has 1 rings (SSSR count). The number of carbonyl (C=O) groups is 5. The summed E-state index contributed by atoms with van der Waals surface area (Å²) in [6.07, 6.45) is 14.5. The van der Waals surface area contributed by atoms with E-state index in [2.05, 4.69) is 19.1 Å². The van der Waals surface area contributed by atoms with Crippen LogP contribution >= 0.6 is 0 Å². The van der Waals surface area contributed by atoms with E-state index >= 15 is 0 Å². The van der Waals surface area contributed by atoms with Gasteiger partial charge in [-0.3, -0.25) is 19.2 Å². The predicted molar refractivity (Wildman–Crippen MR) is 156 cm³/mol. The fraction of sp³-hybridized carbons (Fsp3) is 0.727. The van der Waals surface area contributed by atoms with E-state index in [1.807, 2.05) is 40.7 Å². The number of ketones is 5. The van der Waals surface area contributed by atoms with Gasteiger partial charge in [0.1, 0.15) is 28.9 Å². The van der Waals surface area contributed by atoms with Gasteiger partial charge in [0, 0.05) is 38.0 Å². The molecule has 0 heterocycles. The summed E-state index contributed by atoms with van der Waals surface area (Å²) in [5.41, 5.74) is 1.16. The summed E-state index contributed by atoms with van der Waals surface area (Å²) in [5.74, 6) is 1.18. The molecule has 0 aromatic heterocycles. The molecule has 216 valence electrons. The highest BCUT2D eigenvalue weighted by Gasteiger charge is 2.29. The second-order valence-corrected chi connectivity index (χ2v) is 12.4. The van der Waals surface area contributed by atoms with Gasteiger partial charge in [0.15, 0.2) is 0 Å². The van der Waals surface area contributed by atoms with Crippen molar-refractivity contribution in [3.8, 4) is 0 Å². The van der Waals surface area contributed by atoms with Gasteiger partial charge in [0.05, 0.1) is 6.42 Å². The van der Waals surface area contributed by atoms with E-state index in [4.69, 9.17) is 0 Å². The molecule has 0 radical (unpaired) electrons. The molecular weight excluding hydrogens is 476 g/mol. The molecule has 5 nitrogen and oxygen atoms in total. The Morgan fingerprint density at radius 2 is 1.68 bits per heavy atom. The maximum absolute atomic E-state index is 12.6. The minimum Gasteiger partial charge on any atom is -0.300 e. The summed E-state index contributed by atoms with van der Waals surface area (Å²) in [7, 11) is 0. The van der Waals surface area contributed by atoms with E-state index in [-0.39, 0.29) is 46.8 Å². The van der Waals surface area contributed by atoms with Crippen molar-refractivity contribution in [2.45, 2.75) is 132 Å². The molecule has 0 amide bonds. The van der Waals surface area contributed by atoms with Gasteiger partial charge in [0.2, 0.25) is 0 Å². The van der Waals surface area contributed by atoms with Crippen molar-refractivity contribution in [3.63, 3.8) is 0 Å². The highest BCUT2D eigenvalue weighted by molar-refractivity contribution is 5.99. The van der Waals surface area contributed by atoms with E-state index in [1.54, 1.807) is 0 Å². The maximum atomic E-state index is 12.6. The second kappa shape index (κ2) is 19.0. The number of Topliss-reactive ketones (excluding diaryl/α,β-unsaturated/α-hetero) is 5. The van der Waals surface area contributed by atoms with Crippen LogP contribution in [0.25, 0.3) is 0 Å². The van der Waals surface area contributed by atoms with E-state index in [0.717, 1.165) is 44.1 Å². The highest BCUT2D eigenvalue weighted by Crippen LogP contribution is 2.33. The van der Waals surface area contributed by atoms with E-state index in [0.29, 0.717) is 43.8 Å². The van der Waals surface area contributed by atoms with Crippen LogP contribution in [-0.4, -0.2) is 28.9 Å². The van der Waals surface area contributed by atoms with Crippen molar-refractivity contribution in [3.05, 3.63) is 23.8 Å². The van der Waals surface area contributed by atoms with Gasteiger partial charge < -0.3 is 4.79 Å². The first kappa shape index (κ1) is 35.8. The average Bonchev–Trinajstić information content (AvgIpc) is 2.76. The monoisotopic (exact) mass is 530 g/mol. The summed E-state index contributed by atoms with van der Waals surface area (Å²) < 4.78 is 0. The predicted octanol–water partition coefficient (Wildman–Crippen LogP) is 7.99. The highest BCUT2D eigenvalue weighted by atomic mass is 16.2. The number of rotatable bonds is 13. The second-order valence-electron chi connectivity index (χ2n) is 12.4. The molecule has 0 N–H and O–H groups in total. The van der Waals surface area contributed by atoms with Crippen LogP contribution in [0.3, 0.4) is 0 Å². The van der Waals surface area contributed by atoms with E-state index < -0.39 is 0 Å². The molecule has 0 bridgehead atoms. The summed E-state index contributed by atoms with van der Waals surface area (Å²) in [5, 5.41) is 0. The first-order valence-electron chi connectivity index (χ1n) is 14.6. The van der Waals surface area contributed by atoms with Crippen molar-refractivity contribution >= 4 is 28.9 Å². The lowest BCUT2D eigenvalue weighted by Crippen LogP contribution is -2.27. The Labute approximate surface area is 232 Å². The van der Waals surface area contributed by atoms with Gasteiger partial charge >= 0.3 is 0 Å². The summed E-state index contributed by atoms with van der Waals surface area (Å²) in [6.45, 7) is 15.3. The Bertz CT molecular complexity index is 840. The van der Waals surface area contributed by atoms with Gasteiger partial charge in [-0.15, -0.1) is 0 Å².